The second-order valence-electron chi connectivity index (χ2n) is 4.41. The maximum atomic E-state index is 10.7. The van der Waals surface area contributed by atoms with Gasteiger partial charge in [-0.3, -0.25) is 4.90 Å². The molecule has 98 valence electrons. The first-order chi connectivity index (χ1) is 8.11. The van der Waals surface area contributed by atoms with Crippen molar-refractivity contribution in [2.24, 2.45) is 5.92 Å². The molecule has 1 aliphatic rings. The number of carbonyl (C=O) groups is 2. The van der Waals surface area contributed by atoms with Crippen molar-refractivity contribution in [1.82, 2.24) is 10.2 Å². The first kappa shape index (κ1) is 13.9. The standard InChI is InChI=1S/C11H20N2O4/c1-9(8-14)6-10(12-11(15)16)7-13-2-4-17-5-3-13/h8-10,12H,2-7H2,1H3,(H,15,16). The van der Waals surface area contributed by atoms with Gasteiger partial charge >= 0.3 is 6.09 Å². The summed E-state index contributed by atoms with van der Waals surface area (Å²) >= 11 is 0. The zero-order valence-corrected chi connectivity index (χ0v) is 10.1. The van der Waals surface area contributed by atoms with Crippen LogP contribution in [0.15, 0.2) is 0 Å². The number of hydrogen-bond donors (Lipinski definition) is 2. The fraction of sp³-hybridized carbons (Fsp3) is 0.818. The second-order valence-corrected chi connectivity index (χ2v) is 4.41. The number of amides is 1. The van der Waals surface area contributed by atoms with Gasteiger partial charge in [-0.25, -0.2) is 4.79 Å². The predicted octanol–water partition coefficient (Wildman–Crippen LogP) is 0.180. The van der Waals surface area contributed by atoms with Gasteiger partial charge in [0.05, 0.1) is 13.2 Å². The fourth-order valence-corrected chi connectivity index (χ4v) is 1.95. The van der Waals surface area contributed by atoms with Crippen LogP contribution in [0.25, 0.3) is 0 Å². The third kappa shape index (κ3) is 5.65. The van der Waals surface area contributed by atoms with Crippen molar-refractivity contribution in [3.8, 4) is 0 Å². The Labute approximate surface area is 101 Å². The lowest BCUT2D eigenvalue weighted by Gasteiger charge is -2.30. The molecule has 2 atom stereocenters. The van der Waals surface area contributed by atoms with Crippen molar-refractivity contribution in [2.45, 2.75) is 19.4 Å². The van der Waals surface area contributed by atoms with E-state index in [4.69, 9.17) is 9.84 Å². The maximum Gasteiger partial charge on any atom is 0.404 e. The summed E-state index contributed by atoms with van der Waals surface area (Å²) in [6.07, 6.45) is 0.351. The van der Waals surface area contributed by atoms with Gasteiger partial charge in [0.2, 0.25) is 0 Å². The number of nitrogens with one attached hydrogen (secondary N) is 1. The highest BCUT2D eigenvalue weighted by Crippen LogP contribution is 2.07. The topological polar surface area (TPSA) is 78.9 Å². The van der Waals surface area contributed by atoms with Gasteiger partial charge < -0.3 is 20.0 Å². The predicted molar refractivity (Wildman–Crippen MR) is 62.1 cm³/mol. The third-order valence-electron chi connectivity index (χ3n) is 2.80. The highest BCUT2D eigenvalue weighted by Gasteiger charge is 2.20. The Bertz CT molecular complexity index is 254. The van der Waals surface area contributed by atoms with E-state index in [1.54, 1.807) is 6.92 Å². The van der Waals surface area contributed by atoms with Crippen molar-refractivity contribution in [3.05, 3.63) is 0 Å². The molecule has 6 heteroatoms. The van der Waals surface area contributed by atoms with E-state index in [9.17, 15) is 9.59 Å². The van der Waals surface area contributed by atoms with Crippen LogP contribution >= 0.6 is 0 Å². The lowest BCUT2D eigenvalue weighted by atomic mass is 10.0. The number of hydrogen-bond acceptors (Lipinski definition) is 4. The molecule has 0 spiro atoms. The van der Waals surface area contributed by atoms with Crippen LogP contribution in [0, 0.1) is 5.92 Å². The van der Waals surface area contributed by atoms with Crippen LogP contribution in [0.2, 0.25) is 0 Å². The summed E-state index contributed by atoms with van der Waals surface area (Å²) in [4.78, 5) is 23.4. The molecular formula is C11H20N2O4. The third-order valence-corrected chi connectivity index (χ3v) is 2.80. The first-order valence-corrected chi connectivity index (χ1v) is 5.86. The van der Waals surface area contributed by atoms with Gasteiger partial charge in [0.15, 0.2) is 0 Å². The van der Waals surface area contributed by atoms with E-state index in [0.29, 0.717) is 26.2 Å². The molecule has 1 fully saturated rings. The summed E-state index contributed by atoms with van der Waals surface area (Å²) < 4.78 is 5.23. The Hall–Kier alpha value is -1.14. The van der Waals surface area contributed by atoms with Crippen molar-refractivity contribution in [1.29, 1.82) is 0 Å². The smallest absolute Gasteiger partial charge is 0.404 e. The molecule has 0 aromatic rings. The quantitative estimate of drug-likeness (QED) is 0.652. The molecule has 1 aliphatic heterocycles. The van der Waals surface area contributed by atoms with E-state index in [0.717, 1.165) is 19.4 Å². The Balaban J connectivity index is 2.43. The summed E-state index contributed by atoms with van der Waals surface area (Å²) in [5.74, 6) is -0.132. The largest absolute Gasteiger partial charge is 0.465 e. The van der Waals surface area contributed by atoms with E-state index >= 15 is 0 Å². The van der Waals surface area contributed by atoms with Gasteiger partial charge in [-0.1, -0.05) is 6.92 Å². The Kier molecular flexibility index (Phi) is 5.93. The van der Waals surface area contributed by atoms with Gasteiger partial charge in [-0.05, 0) is 6.42 Å². The molecule has 2 N–H and O–H groups in total. The molecule has 17 heavy (non-hydrogen) atoms. The van der Waals surface area contributed by atoms with Crippen LogP contribution in [0.1, 0.15) is 13.3 Å². The number of nitrogens with zero attached hydrogens (tertiary/aromatic N) is 1. The van der Waals surface area contributed by atoms with Crippen LogP contribution in [0.5, 0.6) is 0 Å². The van der Waals surface area contributed by atoms with E-state index < -0.39 is 6.09 Å². The number of carboxylic acid groups (broad SMARTS) is 1. The lowest BCUT2D eigenvalue weighted by molar-refractivity contribution is -0.111. The van der Waals surface area contributed by atoms with Crippen LogP contribution in [0.3, 0.4) is 0 Å². The Morgan fingerprint density at radius 1 is 1.53 bits per heavy atom. The SMILES string of the molecule is CC(C=O)CC(CN1CCOCC1)NC(=O)O. The molecule has 0 aromatic carbocycles. The van der Waals surface area contributed by atoms with E-state index in [1.165, 1.54) is 0 Å². The molecule has 0 bridgehead atoms. The zero-order chi connectivity index (χ0) is 12.7. The lowest BCUT2D eigenvalue weighted by Crippen LogP contribution is -2.47. The van der Waals surface area contributed by atoms with Crippen molar-refractivity contribution in [2.75, 3.05) is 32.8 Å². The molecule has 1 saturated heterocycles. The molecule has 6 nitrogen and oxygen atoms in total. The van der Waals surface area contributed by atoms with E-state index in [-0.39, 0.29) is 12.0 Å². The summed E-state index contributed by atoms with van der Waals surface area (Å²) in [7, 11) is 0. The minimum absolute atomic E-state index is 0.132. The number of ether oxygens (including phenoxy) is 1. The number of rotatable bonds is 6. The summed E-state index contributed by atoms with van der Waals surface area (Å²) in [6, 6.07) is -0.203. The number of morpholine rings is 1. The summed E-state index contributed by atoms with van der Waals surface area (Å²) in [5, 5.41) is 11.2. The molecule has 1 heterocycles. The highest BCUT2D eigenvalue weighted by atomic mass is 16.5. The molecule has 1 rings (SSSR count). The van der Waals surface area contributed by atoms with Crippen molar-refractivity contribution in [3.63, 3.8) is 0 Å². The molecule has 2 unspecified atom stereocenters. The normalized spacial score (nSPS) is 20.5. The van der Waals surface area contributed by atoms with Crippen LogP contribution < -0.4 is 5.32 Å². The molecule has 0 saturated carbocycles. The molecule has 0 radical (unpaired) electrons. The Morgan fingerprint density at radius 3 is 2.71 bits per heavy atom. The van der Waals surface area contributed by atoms with Gasteiger partial charge in [-0.15, -0.1) is 0 Å². The highest BCUT2D eigenvalue weighted by molar-refractivity contribution is 5.65. The minimum atomic E-state index is -1.04. The van der Waals surface area contributed by atoms with Crippen LogP contribution in [-0.2, 0) is 9.53 Å². The second kappa shape index (κ2) is 7.24. The minimum Gasteiger partial charge on any atom is -0.465 e. The Morgan fingerprint density at radius 2 is 2.18 bits per heavy atom. The van der Waals surface area contributed by atoms with E-state index in [2.05, 4.69) is 10.2 Å². The van der Waals surface area contributed by atoms with Crippen LogP contribution in [0.4, 0.5) is 4.79 Å². The fourth-order valence-electron chi connectivity index (χ4n) is 1.95. The number of aldehydes is 1. The van der Waals surface area contributed by atoms with Gasteiger partial charge in [0.1, 0.15) is 6.29 Å². The molecule has 0 aliphatic carbocycles. The first-order valence-electron chi connectivity index (χ1n) is 5.86. The van der Waals surface area contributed by atoms with Crippen molar-refractivity contribution < 1.29 is 19.4 Å². The average molecular weight is 244 g/mol. The summed E-state index contributed by atoms with van der Waals surface area (Å²) in [6.45, 7) is 5.42. The maximum absolute atomic E-state index is 10.7. The van der Waals surface area contributed by atoms with Crippen LogP contribution in [-0.4, -0.2) is 61.3 Å². The summed E-state index contributed by atoms with van der Waals surface area (Å²) in [5.41, 5.74) is 0. The monoisotopic (exact) mass is 244 g/mol. The number of carbonyl (C=O) groups excluding carboxylic acids is 1. The van der Waals surface area contributed by atoms with Crippen molar-refractivity contribution >= 4 is 12.4 Å². The molecule has 0 aromatic heterocycles. The van der Waals surface area contributed by atoms with Gasteiger partial charge in [0, 0.05) is 31.6 Å². The van der Waals surface area contributed by atoms with E-state index in [1.807, 2.05) is 0 Å². The van der Waals surface area contributed by atoms with Gasteiger partial charge in [0.25, 0.3) is 0 Å². The molecule has 1 amide bonds. The van der Waals surface area contributed by atoms with Gasteiger partial charge in [-0.2, -0.15) is 0 Å². The molecular weight excluding hydrogens is 224 g/mol. The average Bonchev–Trinajstić information content (AvgIpc) is 2.29. The zero-order valence-electron chi connectivity index (χ0n) is 10.1.